The number of nitrogens with zero attached hydrogens (tertiary/aromatic N) is 2. The summed E-state index contributed by atoms with van der Waals surface area (Å²) in [5.41, 5.74) is 7.87. The van der Waals surface area contributed by atoms with Gasteiger partial charge >= 0.3 is 0 Å². The first-order valence-electron chi connectivity index (χ1n) is 10.9. The van der Waals surface area contributed by atoms with Gasteiger partial charge in [-0.15, -0.1) is 0 Å². The lowest BCUT2D eigenvalue weighted by Gasteiger charge is -2.16. The maximum absolute atomic E-state index is 8.05. The second kappa shape index (κ2) is 8.45. The SMILES string of the molecule is Cc1ccccc1-c1c2ccc(=N)cc-2oc2cc(N=Nc3ccc([NH+](C)C)cc3)ccc12. The van der Waals surface area contributed by atoms with Crippen molar-refractivity contribution in [3.8, 4) is 22.5 Å². The molecule has 0 amide bonds. The van der Waals surface area contributed by atoms with Gasteiger partial charge in [0.25, 0.3) is 0 Å². The molecule has 0 bridgehead atoms. The van der Waals surface area contributed by atoms with Crippen molar-refractivity contribution in [1.82, 2.24) is 0 Å². The van der Waals surface area contributed by atoms with Gasteiger partial charge in [-0.3, -0.25) is 0 Å². The number of nitrogens with one attached hydrogen (secondary N) is 2. The molecule has 0 spiro atoms. The Balaban J connectivity index is 1.64. The molecule has 33 heavy (non-hydrogen) atoms. The van der Waals surface area contributed by atoms with Gasteiger partial charge in [0.15, 0.2) is 0 Å². The number of fused-ring (bicyclic) bond motifs is 2. The molecule has 2 aliphatic rings. The summed E-state index contributed by atoms with van der Waals surface area (Å²) in [7, 11) is 4.18. The van der Waals surface area contributed by atoms with E-state index in [-0.39, 0.29) is 0 Å². The molecule has 2 N–H and O–H groups in total. The summed E-state index contributed by atoms with van der Waals surface area (Å²) in [6.07, 6.45) is 0. The van der Waals surface area contributed by atoms with E-state index in [0.29, 0.717) is 22.4 Å². The Morgan fingerprint density at radius 1 is 0.758 bits per heavy atom. The van der Waals surface area contributed by atoms with Crippen LogP contribution in [0.15, 0.2) is 99.6 Å². The van der Waals surface area contributed by atoms with E-state index >= 15 is 0 Å². The quantitative estimate of drug-likeness (QED) is 0.258. The second-order valence-electron chi connectivity index (χ2n) is 8.43. The number of benzene rings is 4. The molecular formula is C28H25N4O+. The van der Waals surface area contributed by atoms with Crippen LogP contribution in [0.25, 0.3) is 33.4 Å². The average molecular weight is 434 g/mol. The maximum atomic E-state index is 8.05. The Morgan fingerprint density at radius 3 is 2.24 bits per heavy atom. The highest BCUT2D eigenvalue weighted by molar-refractivity contribution is 6.03. The zero-order valence-corrected chi connectivity index (χ0v) is 18.9. The fraction of sp³-hybridized carbons (Fsp3) is 0.107. The molecule has 5 rings (SSSR count). The van der Waals surface area contributed by atoms with E-state index in [0.717, 1.165) is 27.8 Å². The molecule has 0 saturated heterocycles. The van der Waals surface area contributed by atoms with Crippen LogP contribution in [-0.2, 0) is 0 Å². The van der Waals surface area contributed by atoms with Crippen LogP contribution < -0.4 is 10.3 Å². The summed E-state index contributed by atoms with van der Waals surface area (Å²) in [5, 5.41) is 18.3. The molecule has 0 saturated carbocycles. The van der Waals surface area contributed by atoms with Crippen LogP contribution in [-0.4, -0.2) is 14.1 Å². The summed E-state index contributed by atoms with van der Waals surface area (Å²) in [6.45, 7) is 2.11. The van der Waals surface area contributed by atoms with Gasteiger partial charge in [-0.2, -0.15) is 10.2 Å². The van der Waals surface area contributed by atoms with Crippen LogP contribution in [0.4, 0.5) is 17.1 Å². The van der Waals surface area contributed by atoms with E-state index in [4.69, 9.17) is 9.83 Å². The van der Waals surface area contributed by atoms with Gasteiger partial charge in [-0.05, 0) is 54.4 Å². The largest absolute Gasteiger partial charge is 0.456 e. The fourth-order valence-corrected chi connectivity index (χ4v) is 4.06. The molecule has 1 aliphatic heterocycles. The first-order chi connectivity index (χ1) is 16.0. The monoisotopic (exact) mass is 433 g/mol. The van der Waals surface area contributed by atoms with Gasteiger partial charge in [0.2, 0.25) is 0 Å². The number of hydrogen-bond acceptors (Lipinski definition) is 4. The van der Waals surface area contributed by atoms with Crippen molar-refractivity contribution in [3.05, 3.63) is 95.8 Å². The highest BCUT2D eigenvalue weighted by atomic mass is 16.3. The predicted molar refractivity (Wildman–Crippen MR) is 132 cm³/mol. The molecule has 0 radical (unpaired) electrons. The van der Waals surface area contributed by atoms with Crippen molar-refractivity contribution in [2.24, 2.45) is 10.2 Å². The van der Waals surface area contributed by atoms with Crippen LogP contribution in [0.1, 0.15) is 5.56 Å². The minimum atomic E-state index is 0.417. The number of quaternary nitrogens is 1. The third kappa shape index (κ3) is 4.06. The molecule has 0 atom stereocenters. The zero-order valence-electron chi connectivity index (χ0n) is 18.9. The normalized spacial score (nSPS) is 11.8. The van der Waals surface area contributed by atoms with Crippen LogP contribution in [0.3, 0.4) is 0 Å². The molecular weight excluding hydrogens is 408 g/mol. The molecule has 1 heterocycles. The lowest BCUT2D eigenvalue weighted by molar-refractivity contribution is -0.786. The van der Waals surface area contributed by atoms with Crippen LogP contribution >= 0.6 is 0 Å². The number of azo groups is 1. The molecule has 3 aromatic rings. The molecule has 1 aliphatic carbocycles. The van der Waals surface area contributed by atoms with Gasteiger partial charge in [-0.25, -0.2) is 0 Å². The van der Waals surface area contributed by atoms with E-state index in [9.17, 15) is 0 Å². The van der Waals surface area contributed by atoms with Gasteiger partial charge in [0.1, 0.15) is 17.0 Å². The van der Waals surface area contributed by atoms with Crippen LogP contribution in [0.5, 0.6) is 0 Å². The lowest BCUT2D eigenvalue weighted by atomic mass is 9.91. The highest BCUT2D eigenvalue weighted by Crippen LogP contribution is 2.41. The smallest absolute Gasteiger partial charge is 0.137 e. The minimum Gasteiger partial charge on any atom is -0.456 e. The first-order valence-corrected chi connectivity index (χ1v) is 10.9. The standard InChI is InChI=1S/C28H24N4O/c1-18-6-4-5-7-23(18)28-24-14-8-19(29)16-26(24)33-27-17-21(11-15-25(27)28)31-30-20-9-12-22(13-10-20)32(2)3/h4-17,29H,1-3H3/p+1. The van der Waals surface area contributed by atoms with Gasteiger partial charge in [-0.1, -0.05) is 24.3 Å². The van der Waals surface area contributed by atoms with Crippen molar-refractivity contribution in [3.63, 3.8) is 0 Å². The Morgan fingerprint density at radius 2 is 1.48 bits per heavy atom. The Hall–Kier alpha value is -4.09. The number of aryl methyl sites for hydroxylation is 1. The van der Waals surface area contributed by atoms with Gasteiger partial charge in [0, 0.05) is 40.8 Å². The highest BCUT2D eigenvalue weighted by Gasteiger charge is 2.18. The number of hydrogen-bond donors (Lipinski definition) is 2. The topological polar surface area (TPSA) is 66.2 Å². The minimum absolute atomic E-state index is 0.417. The van der Waals surface area contributed by atoms with E-state index in [1.165, 1.54) is 16.2 Å². The Bertz CT molecular complexity index is 1510. The van der Waals surface area contributed by atoms with E-state index in [2.05, 4.69) is 61.6 Å². The molecule has 5 nitrogen and oxygen atoms in total. The summed E-state index contributed by atoms with van der Waals surface area (Å²) < 4.78 is 6.24. The Kier molecular flexibility index (Phi) is 5.32. The lowest BCUT2D eigenvalue weighted by Crippen LogP contribution is -3.00. The summed E-state index contributed by atoms with van der Waals surface area (Å²) >= 11 is 0. The third-order valence-electron chi connectivity index (χ3n) is 5.85. The van der Waals surface area contributed by atoms with Crippen LogP contribution in [0.2, 0.25) is 0 Å². The average Bonchev–Trinajstić information content (AvgIpc) is 2.82. The van der Waals surface area contributed by atoms with Crippen molar-refractivity contribution < 1.29 is 9.32 Å². The van der Waals surface area contributed by atoms with Gasteiger partial charge in [0.05, 0.1) is 30.8 Å². The van der Waals surface area contributed by atoms with Crippen molar-refractivity contribution in [2.75, 3.05) is 14.1 Å². The fourth-order valence-electron chi connectivity index (χ4n) is 4.06. The molecule has 0 aromatic heterocycles. The summed E-state index contributed by atoms with van der Waals surface area (Å²) in [6, 6.07) is 27.8. The predicted octanol–water partition coefficient (Wildman–Crippen LogP) is 6.18. The molecule has 0 unspecified atom stereocenters. The van der Waals surface area contributed by atoms with E-state index in [1.807, 2.05) is 42.5 Å². The van der Waals surface area contributed by atoms with Gasteiger partial charge < -0.3 is 14.7 Å². The number of rotatable bonds is 4. The van der Waals surface area contributed by atoms with E-state index in [1.54, 1.807) is 12.1 Å². The molecule has 162 valence electrons. The molecule has 3 aromatic carbocycles. The maximum Gasteiger partial charge on any atom is 0.137 e. The first kappa shape index (κ1) is 20.8. The summed E-state index contributed by atoms with van der Waals surface area (Å²) in [5.74, 6) is 0.684. The van der Waals surface area contributed by atoms with Crippen molar-refractivity contribution in [1.29, 1.82) is 5.41 Å². The third-order valence-corrected chi connectivity index (χ3v) is 5.85. The molecule has 0 fully saturated rings. The molecule has 5 heteroatoms. The zero-order chi connectivity index (χ0) is 22.9. The van der Waals surface area contributed by atoms with E-state index < -0.39 is 0 Å². The second-order valence-corrected chi connectivity index (χ2v) is 8.43. The van der Waals surface area contributed by atoms with Crippen LogP contribution in [0, 0.1) is 12.3 Å². The Labute approximate surface area is 192 Å². The van der Waals surface area contributed by atoms with Crippen molar-refractivity contribution in [2.45, 2.75) is 6.92 Å². The summed E-state index contributed by atoms with van der Waals surface area (Å²) in [4.78, 5) is 1.27. The van der Waals surface area contributed by atoms with Crippen molar-refractivity contribution >= 4 is 28.0 Å².